The number of anilines is 1. The second-order valence-electron chi connectivity index (χ2n) is 6.27. The molecule has 0 saturated carbocycles. The third-order valence-corrected chi connectivity index (χ3v) is 4.38. The van der Waals surface area contributed by atoms with E-state index in [1.54, 1.807) is 36.4 Å². The minimum absolute atomic E-state index is 0.0379. The van der Waals surface area contributed by atoms with Crippen LogP contribution in [0.5, 0.6) is 11.5 Å². The highest BCUT2D eigenvalue weighted by molar-refractivity contribution is 6.04. The Labute approximate surface area is 163 Å². The van der Waals surface area contributed by atoms with E-state index in [-0.39, 0.29) is 23.4 Å². The van der Waals surface area contributed by atoms with Crippen molar-refractivity contribution < 1.29 is 23.8 Å². The first-order valence-corrected chi connectivity index (χ1v) is 9.01. The van der Waals surface area contributed by atoms with E-state index in [0.717, 1.165) is 19.4 Å². The predicted molar refractivity (Wildman–Crippen MR) is 103 cm³/mol. The Hall–Kier alpha value is -3.13. The van der Waals surface area contributed by atoms with Crippen molar-refractivity contribution in [2.24, 2.45) is 0 Å². The monoisotopic (exact) mass is 385 g/mol. The molecule has 1 unspecified atom stereocenters. The number of methoxy groups -OCH3 is 2. The van der Waals surface area contributed by atoms with Crippen molar-refractivity contribution in [1.29, 1.82) is 0 Å². The average molecular weight is 385 g/mol. The number of rotatable bonds is 7. The second-order valence-corrected chi connectivity index (χ2v) is 6.27. The molecule has 28 heavy (non-hydrogen) atoms. The smallest absolute Gasteiger partial charge is 0.274 e. The summed E-state index contributed by atoms with van der Waals surface area (Å²) in [4.78, 5) is 29.1. The molecule has 1 aromatic heterocycles. The molecule has 0 bridgehead atoms. The van der Waals surface area contributed by atoms with Gasteiger partial charge in [0.1, 0.15) is 22.9 Å². The molecule has 8 nitrogen and oxygen atoms in total. The maximum atomic E-state index is 12.6. The third kappa shape index (κ3) is 4.77. The molecule has 1 fully saturated rings. The molecule has 1 saturated heterocycles. The summed E-state index contributed by atoms with van der Waals surface area (Å²) in [7, 11) is 3.04. The van der Waals surface area contributed by atoms with Gasteiger partial charge >= 0.3 is 0 Å². The maximum Gasteiger partial charge on any atom is 0.274 e. The van der Waals surface area contributed by atoms with Crippen molar-refractivity contribution in [2.75, 3.05) is 32.7 Å². The molecule has 0 radical (unpaired) electrons. The number of benzene rings is 1. The van der Waals surface area contributed by atoms with Crippen LogP contribution in [0.25, 0.3) is 0 Å². The molecule has 2 heterocycles. The molecule has 1 aliphatic heterocycles. The lowest BCUT2D eigenvalue weighted by Gasteiger charge is -2.12. The molecule has 2 amide bonds. The molecular weight excluding hydrogens is 362 g/mol. The summed E-state index contributed by atoms with van der Waals surface area (Å²) < 4.78 is 15.9. The van der Waals surface area contributed by atoms with Gasteiger partial charge in [-0.05, 0) is 37.1 Å². The predicted octanol–water partition coefficient (Wildman–Crippen LogP) is 2.26. The number of nitrogens with one attached hydrogen (secondary N) is 2. The van der Waals surface area contributed by atoms with Gasteiger partial charge in [-0.2, -0.15) is 0 Å². The Bertz CT molecular complexity index is 849. The van der Waals surface area contributed by atoms with Crippen LogP contribution in [0.4, 0.5) is 5.69 Å². The molecule has 1 aliphatic rings. The number of carbonyl (C=O) groups excluding carboxylic acids is 2. The van der Waals surface area contributed by atoms with Gasteiger partial charge in [-0.25, -0.2) is 4.98 Å². The van der Waals surface area contributed by atoms with Gasteiger partial charge in [0.25, 0.3) is 11.8 Å². The van der Waals surface area contributed by atoms with E-state index in [1.165, 1.54) is 14.2 Å². The van der Waals surface area contributed by atoms with Crippen molar-refractivity contribution in [1.82, 2.24) is 10.3 Å². The Morgan fingerprint density at radius 1 is 1.14 bits per heavy atom. The third-order valence-electron chi connectivity index (χ3n) is 4.38. The van der Waals surface area contributed by atoms with Crippen LogP contribution >= 0.6 is 0 Å². The number of hydrogen-bond acceptors (Lipinski definition) is 6. The topological polar surface area (TPSA) is 98.8 Å². The summed E-state index contributed by atoms with van der Waals surface area (Å²) in [5.41, 5.74) is 0.736. The standard InChI is InChI=1S/C20H23N3O5/c1-26-13-8-9-18(27-2)17(11-13)23-20(25)16-7-3-6-15(22-16)19(24)21-12-14-5-4-10-28-14/h3,6-9,11,14H,4-5,10,12H2,1-2H3,(H,21,24)(H,23,25). The summed E-state index contributed by atoms with van der Waals surface area (Å²) >= 11 is 0. The normalized spacial score (nSPS) is 15.7. The number of nitrogens with zero attached hydrogens (tertiary/aromatic N) is 1. The van der Waals surface area contributed by atoms with Crippen molar-refractivity contribution in [2.45, 2.75) is 18.9 Å². The fourth-order valence-corrected chi connectivity index (χ4v) is 2.89. The van der Waals surface area contributed by atoms with E-state index >= 15 is 0 Å². The second kappa shape index (κ2) is 9.18. The van der Waals surface area contributed by atoms with Gasteiger partial charge < -0.3 is 24.8 Å². The summed E-state index contributed by atoms with van der Waals surface area (Å²) in [5, 5.41) is 5.53. The first-order chi connectivity index (χ1) is 13.6. The summed E-state index contributed by atoms with van der Waals surface area (Å²) in [6, 6.07) is 9.79. The summed E-state index contributed by atoms with van der Waals surface area (Å²) in [6.07, 6.45) is 1.97. The molecule has 2 aromatic rings. The molecule has 2 N–H and O–H groups in total. The lowest BCUT2D eigenvalue weighted by Crippen LogP contribution is -2.32. The Balaban J connectivity index is 1.69. The van der Waals surface area contributed by atoms with Crippen LogP contribution in [-0.2, 0) is 4.74 Å². The average Bonchev–Trinajstić information content (AvgIpc) is 3.25. The maximum absolute atomic E-state index is 12.6. The molecule has 0 aliphatic carbocycles. The van der Waals surface area contributed by atoms with Gasteiger partial charge in [0.2, 0.25) is 0 Å². The minimum atomic E-state index is -0.458. The van der Waals surface area contributed by atoms with E-state index in [9.17, 15) is 9.59 Å². The minimum Gasteiger partial charge on any atom is -0.497 e. The van der Waals surface area contributed by atoms with Crippen LogP contribution in [0.2, 0.25) is 0 Å². The zero-order valence-corrected chi connectivity index (χ0v) is 15.9. The molecule has 8 heteroatoms. The van der Waals surface area contributed by atoms with E-state index < -0.39 is 5.91 Å². The van der Waals surface area contributed by atoms with Gasteiger partial charge in [0.05, 0.1) is 26.0 Å². The number of aromatic nitrogens is 1. The SMILES string of the molecule is COc1ccc(OC)c(NC(=O)c2cccc(C(=O)NCC3CCCO3)n2)c1. The molecular formula is C20H23N3O5. The van der Waals surface area contributed by atoms with Crippen LogP contribution in [0, 0.1) is 0 Å². The van der Waals surface area contributed by atoms with E-state index in [1.807, 2.05) is 0 Å². The first kappa shape index (κ1) is 19.6. The van der Waals surface area contributed by atoms with Gasteiger partial charge in [-0.15, -0.1) is 0 Å². The number of ether oxygens (including phenoxy) is 3. The molecule has 1 aromatic carbocycles. The van der Waals surface area contributed by atoms with E-state index in [4.69, 9.17) is 14.2 Å². The van der Waals surface area contributed by atoms with Crippen LogP contribution in [0.3, 0.4) is 0 Å². The van der Waals surface area contributed by atoms with E-state index in [0.29, 0.717) is 23.7 Å². The Morgan fingerprint density at radius 3 is 2.61 bits per heavy atom. The van der Waals surface area contributed by atoms with Crippen molar-refractivity contribution in [3.05, 3.63) is 47.8 Å². The molecule has 3 rings (SSSR count). The summed E-state index contributed by atoms with van der Waals surface area (Å²) in [6.45, 7) is 1.15. The van der Waals surface area contributed by atoms with Gasteiger partial charge in [-0.3, -0.25) is 9.59 Å². The van der Waals surface area contributed by atoms with Crippen LogP contribution in [-0.4, -0.2) is 50.3 Å². The zero-order chi connectivity index (χ0) is 19.9. The van der Waals surface area contributed by atoms with Crippen molar-refractivity contribution in [3.8, 4) is 11.5 Å². The largest absolute Gasteiger partial charge is 0.497 e. The highest BCUT2D eigenvalue weighted by Crippen LogP contribution is 2.29. The van der Waals surface area contributed by atoms with Crippen LogP contribution in [0.15, 0.2) is 36.4 Å². The zero-order valence-electron chi connectivity index (χ0n) is 15.9. The highest BCUT2D eigenvalue weighted by atomic mass is 16.5. The summed E-state index contributed by atoms with van der Waals surface area (Å²) in [5.74, 6) is 0.260. The van der Waals surface area contributed by atoms with Crippen molar-refractivity contribution in [3.63, 3.8) is 0 Å². The van der Waals surface area contributed by atoms with Crippen LogP contribution in [0.1, 0.15) is 33.8 Å². The fourth-order valence-electron chi connectivity index (χ4n) is 2.89. The number of carbonyl (C=O) groups is 2. The Kier molecular flexibility index (Phi) is 6.44. The Morgan fingerprint density at radius 2 is 1.93 bits per heavy atom. The fraction of sp³-hybridized carbons (Fsp3) is 0.350. The molecule has 1 atom stereocenters. The van der Waals surface area contributed by atoms with Crippen molar-refractivity contribution >= 4 is 17.5 Å². The number of amides is 2. The van der Waals surface area contributed by atoms with Gasteiger partial charge in [-0.1, -0.05) is 6.07 Å². The lowest BCUT2D eigenvalue weighted by molar-refractivity contribution is 0.0853. The van der Waals surface area contributed by atoms with Crippen LogP contribution < -0.4 is 20.1 Å². The lowest BCUT2D eigenvalue weighted by atomic mass is 10.2. The number of hydrogen-bond donors (Lipinski definition) is 2. The molecule has 148 valence electrons. The van der Waals surface area contributed by atoms with Gasteiger partial charge in [0, 0.05) is 19.2 Å². The molecule has 0 spiro atoms. The highest BCUT2D eigenvalue weighted by Gasteiger charge is 2.18. The number of pyridine rings is 1. The first-order valence-electron chi connectivity index (χ1n) is 9.01. The van der Waals surface area contributed by atoms with E-state index in [2.05, 4.69) is 15.6 Å². The quantitative estimate of drug-likeness (QED) is 0.759. The van der Waals surface area contributed by atoms with Gasteiger partial charge in [0.15, 0.2) is 0 Å².